The highest BCUT2D eigenvalue weighted by molar-refractivity contribution is 5.16. The van der Waals surface area contributed by atoms with Gasteiger partial charge in [-0.15, -0.1) is 0 Å². The van der Waals surface area contributed by atoms with Crippen molar-refractivity contribution in [2.75, 3.05) is 6.61 Å². The molecular formula is C19H29NO. The molecule has 3 rings (SSSR count). The molecular weight excluding hydrogens is 258 g/mol. The minimum Gasteiger partial charge on any atom is -0.395 e. The molecule has 0 aliphatic heterocycles. The van der Waals surface area contributed by atoms with Crippen LogP contribution in [0.4, 0.5) is 0 Å². The Labute approximate surface area is 129 Å². The molecule has 1 aromatic rings. The van der Waals surface area contributed by atoms with Crippen LogP contribution in [0, 0.1) is 5.41 Å². The van der Waals surface area contributed by atoms with Crippen LogP contribution in [-0.4, -0.2) is 23.8 Å². The summed E-state index contributed by atoms with van der Waals surface area (Å²) in [6.07, 6.45) is 12.1. The van der Waals surface area contributed by atoms with E-state index >= 15 is 0 Å². The number of nitrogens with one attached hydrogen (secondary N) is 1. The summed E-state index contributed by atoms with van der Waals surface area (Å²) in [5.74, 6) is 0. The van der Waals surface area contributed by atoms with Gasteiger partial charge in [-0.1, -0.05) is 43.2 Å². The number of benzene rings is 1. The predicted octanol–water partition coefficient (Wildman–Crippen LogP) is 3.68. The number of rotatable bonds is 5. The first-order valence-electron chi connectivity index (χ1n) is 8.71. The molecule has 2 heteroatoms. The van der Waals surface area contributed by atoms with E-state index in [0.717, 1.165) is 6.42 Å². The molecule has 2 nitrogen and oxygen atoms in total. The molecule has 1 aromatic carbocycles. The molecule has 2 fully saturated rings. The van der Waals surface area contributed by atoms with Gasteiger partial charge in [0.15, 0.2) is 0 Å². The number of hydrogen-bond donors (Lipinski definition) is 2. The molecule has 0 aromatic heterocycles. The molecule has 0 amide bonds. The molecule has 2 N–H and O–H groups in total. The maximum absolute atomic E-state index is 9.66. The summed E-state index contributed by atoms with van der Waals surface area (Å²) < 4.78 is 0. The van der Waals surface area contributed by atoms with E-state index in [2.05, 4.69) is 29.6 Å². The van der Waals surface area contributed by atoms with Crippen molar-refractivity contribution >= 4 is 0 Å². The molecule has 2 saturated carbocycles. The summed E-state index contributed by atoms with van der Waals surface area (Å²) in [5, 5.41) is 13.4. The zero-order valence-corrected chi connectivity index (χ0v) is 13.1. The first-order chi connectivity index (χ1) is 10.3. The monoisotopic (exact) mass is 287 g/mol. The van der Waals surface area contributed by atoms with Crippen molar-refractivity contribution in [1.29, 1.82) is 0 Å². The fourth-order valence-corrected chi connectivity index (χ4v) is 4.43. The normalized spacial score (nSPS) is 23.5. The van der Waals surface area contributed by atoms with Gasteiger partial charge in [0.1, 0.15) is 0 Å². The molecule has 0 saturated heterocycles. The SMILES string of the molecule is OC[C@@H](Cc1ccccc1)NC1CCC2(CCCC2)CC1. The average molecular weight is 287 g/mol. The fraction of sp³-hybridized carbons (Fsp3) is 0.684. The molecule has 2 aliphatic rings. The molecule has 2 aliphatic carbocycles. The van der Waals surface area contributed by atoms with E-state index in [-0.39, 0.29) is 12.6 Å². The minimum atomic E-state index is 0.204. The van der Waals surface area contributed by atoms with E-state index in [4.69, 9.17) is 0 Å². The van der Waals surface area contributed by atoms with Crippen LogP contribution in [0.1, 0.15) is 56.9 Å². The molecule has 21 heavy (non-hydrogen) atoms. The van der Waals surface area contributed by atoms with Gasteiger partial charge >= 0.3 is 0 Å². The van der Waals surface area contributed by atoms with Gasteiger partial charge in [0.2, 0.25) is 0 Å². The standard InChI is InChI=1S/C19H29NO/c21-15-18(14-16-6-2-1-3-7-16)20-17-8-12-19(13-9-17)10-4-5-11-19/h1-3,6-7,17-18,20-21H,4-5,8-15H2/t18-/m1/s1. The van der Waals surface area contributed by atoms with E-state index in [1.165, 1.54) is 56.9 Å². The zero-order valence-electron chi connectivity index (χ0n) is 13.1. The lowest BCUT2D eigenvalue weighted by Gasteiger charge is -2.38. The largest absolute Gasteiger partial charge is 0.395 e. The quantitative estimate of drug-likeness (QED) is 0.866. The highest BCUT2D eigenvalue weighted by atomic mass is 16.3. The zero-order chi connectivity index (χ0) is 14.5. The second kappa shape index (κ2) is 6.93. The summed E-state index contributed by atoms with van der Waals surface area (Å²) in [7, 11) is 0. The Morgan fingerprint density at radius 2 is 1.71 bits per heavy atom. The van der Waals surface area contributed by atoms with Gasteiger partial charge in [0.25, 0.3) is 0 Å². The van der Waals surface area contributed by atoms with Gasteiger partial charge in [0.05, 0.1) is 6.61 Å². The maximum Gasteiger partial charge on any atom is 0.0587 e. The highest BCUT2D eigenvalue weighted by Crippen LogP contribution is 2.48. The minimum absolute atomic E-state index is 0.204. The summed E-state index contributed by atoms with van der Waals surface area (Å²) in [6, 6.07) is 11.3. The van der Waals surface area contributed by atoms with E-state index in [1.54, 1.807) is 0 Å². The van der Waals surface area contributed by atoms with Gasteiger partial charge in [-0.3, -0.25) is 0 Å². The van der Waals surface area contributed by atoms with Crippen molar-refractivity contribution in [3.63, 3.8) is 0 Å². The first-order valence-corrected chi connectivity index (χ1v) is 8.71. The Morgan fingerprint density at radius 3 is 2.33 bits per heavy atom. The van der Waals surface area contributed by atoms with Crippen LogP contribution in [0.2, 0.25) is 0 Å². The lowest BCUT2D eigenvalue weighted by atomic mass is 9.71. The third-order valence-corrected chi connectivity index (χ3v) is 5.73. The first kappa shape index (κ1) is 15.1. The lowest BCUT2D eigenvalue weighted by molar-refractivity contribution is 0.150. The van der Waals surface area contributed by atoms with Gasteiger partial charge < -0.3 is 10.4 Å². The smallest absolute Gasteiger partial charge is 0.0587 e. The topological polar surface area (TPSA) is 32.3 Å². The van der Waals surface area contributed by atoms with Gasteiger partial charge in [-0.2, -0.15) is 0 Å². The third-order valence-electron chi connectivity index (χ3n) is 5.73. The molecule has 1 atom stereocenters. The highest BCUT2D eigenvalue weighted by Gasteiger charge is 2.37. The Balaban J connectivity index is 1.49. The predicted molar refractivity (Wildman–Crippen MR) is 87.3 cm³/mol. The third kappa shape index (κ3) is 3.87. The van der Waals surface area contributed by atoms with Crippen LogP contribution in [0.15, 0.2) is 30.3 Å². The summed E-state index contributed by atoms with van der Waals surface area (Å²) in [4.78, 5) is 0. The second-order valence-electron chi connectivity index (χ2n) is 7.22. The lowest BCUT2D eigenvalue weighted by Crippen LogP contribution is -2.45. The van der Waals surface area contributed by atoms with Crippen LogP contribution in [0.25, 0.3) is 0 Å². The number of hydrogen-bond acceptors (Lipinski definition) is 2. The van der Waals surface area contributed by atoms with Crippen molar-refractivity contribution < 1.29 is 5.11 Å². The Kier molecular flexibility index (Phi) is 4.97. The number of aliphatic hydroxyl groups is 1. The van der Waals surface area contributed by atoms with Crippen molar-refractivity contribution in [1.82, 2.24) is 5.32 Å². The fourth-order valence-electron chi connectivity index (χ4n) is 4.43. The Hall–Kier alpha value is -0.860. The van der Waals surface area contributed by atoms with Gasteiger partial charge in [0, 0.05) is 12.1 Å². The molecule has 0 bridgehead atoms. The Bertz CT molecular complexity index is 414. The molecule has 0 radical (unpaired) electrons. The van der Waals surface area contributed by atoms with Crippen LogP contribution in [0.3, 0.4) is 0 Å². The van der Waals surface area contributed by atoms with Gasteiger partial charge in [-0.05, 0) is 55.9 Å². The van der Waals surface area contributed by atoms with E-state index in [1.807, 2.05) is 6.07 Å². The van der Waals surface area contributed by atoms with E-state index in [0.29, 0.717) is 11.5 Å². The van der Waals surface area contributed by atoms with Crippen LogP contribution in [0.5, 0.6) is 0 Å². The van der Waals surface area contributed by atoms with Crippen molar-refractivity contribution in [3.05, 3.63) is 35.9 Å². The second-order valence-corrected chi connectivity index (χ2v) is 7.22. The average Bonchev–Trinajstić information content (AvgIpc) is 2.98. The molecule has 0 unspecified atom stereocenters. The molecule has 116 valence electrons. The maximum atomic E-state index is 9.66. The van der Waals surface area contributed by atoms with Gasteiger partial charge in [-0.25, -0.2) is 0 Å². The summed E-state index contributed by atoms with van der Waals surface area (Å²) >= 11 is 0. The summed E-state index contributed by atoms with van der Waals surface area (Å²) in [6.45, 7) is 0.233. The molecule has 1 spiro atoms. The van der Waals surface area contributed by atoms with Crippen LogP contribution in [-0.2, 0) is 6.42 Å². The van der Waals surface area contributed by atoms with Crippen molar-refractivity contribution in [2.24, 2.45) is 5.41 Å². The van der Waals surface area contributed by atoms with Crippen LogP contribution < -0.4 is 5.32 Å². The Morgan fingerprint density at radius 1 is 1.05 bits per heavy atom. The van der Waals surface area contributed by atoms with Crippen LogP contribution >= 0.6 is 0 Å². The van der Waals surface area contributed by atoms with E-state index < -0.39 is 0 Å². The number of aliphatic hydroxyl groups excluding tert-OH is 1. The van der Waals surface area contributed by atoms with Crippen molar-refractivity contribution in [2.45, 2.75) is 69.9 Å². The van der Waals surface area contributed by atoms with Crippen molar-refractivity contribution in [3.8, 4) is 0 Å². The molecule has 0 heterocycles. The van der Waals surface area contributed by atoms with E-state index in [9.17, 15) is 5.11 Å². The summed E-state index contributed by atoms with van der Waals surface area (Å²) in [5.41, 5.74) is 2.01.